The summed E-state index contributed by atoms with van der Waals surface area (Å²) in [5.41, 5.74) is 0. The molecule has 0 aromatic heterocycles. The van der Waals surface area contributed by atoms with E-state index in [1.807, 2.05) is 13.8 Å². The second kappa shape index (κ2) is 6.17. The number of piperidine rings is 1. The lowest BCUT2D eigenvalue weighted by Crippen LogP contribution is -2.44. The predicted octanol–water partition coefficient (Wildman–Crippen LogP) is 1.64. The van der Waals surface area contributed by atoms with Crippen LogP contribution in [0.15, 0.2) is 12.2 Å². The topological polar surface area (TPSA) is 15.3 Å². The van der Waals surface area contributed by atoms with Gasteiger partial charge in [0, 0.05) is 25.7 Å². The Labute approximate surface area is 82.0 Å². The minimum atomic E-state index is 0.804. The summed E-state index contributed by atoms with van der Waals surface area (Å²) in [7, 11) is 0. The number of hydrogen-bond donors (Lipinski definition) is 1. The van der Waals surface area contributed by atoms with Crippen molar-refractivity contribution in [1.82, 2.24) is 10.2 Å². The summed E-state index contributed by atoms with van der Waals surface area (Å²) >= 11 is 0. The van der Waals surface area contributed by atoms with E-state index in [-0.39, 0.29) is 0 Å². The summed E-state index contributed by atoms with van der Waals surface area (Å²) in [5, 5.41) is 3.44. The van der Waals surface area contributed by atoms with Crippen LogP contribution in [0, 0.1) is 0 Å². The molecular formula is C11H22N2. The highest BCUT2D eigenvalue weighted by Crippen LogP contribution is 2.12. The first-order valence-corrected chi connectivity index (χ1v) is 5.56. The van der Waals surface area contributed by atoms with Crippen LogP contribution in [0.25, 0.3) is 0 Å². The molecule has 1 atom stereocenters. The van der Waals surface area contributed by atoms with E-state index in [2.05, 4.69) is 22.4 Å². The van der Waals surface area contributed by atoms with E-state index in [1.54, 1.807) is 0 Å². The molecule has 0 bridgehead atoms. The van der Waals surface area contributed by atoms with Crippen molar-refractivity contribution in [2.75, 3.05) is 26.2 Å². The third kappa shape index (κ3) is 3.12. The first-order chi connectivity index (χ1) is 6.47. The standard InChI is InChI=1S/C9H16N2.C2H6/c1-2-7-11(6-1)9-4-3-5-10-8-9;1-2/h1-2,9-10H,3-8H2;1-2H3. The normalized spacial score (nSPS) is 28.3. The van der Waals surface area contributed by atoms with E-state index >= 15 is 0 Å². The van der Waals surface area contributed by atoms with Gasteiger partial charge in [0.05, 0.1) is 0 Å². The van der Waals surface area contributed by atoms with Crippen molar-refractivity contribution in [2.45, 2.75) is 32.7 Å². The molecule has 1 N–H and O–H groups in total. The van der Waals surface area contributed by atoms with Crippen molar-refractivity contribution < 1.29 is 0 Å². The van der Waals surface area contributed by atoms with E-state index in [9.17, 15) is 0 Å². The molecule has 0 radical (unpaired) electrons. The fourth-order valence-electron chi connectivity index (χ4n) is 1.94. The molecule has 13 heavy (non-hydrogen) atoms. The zero-order chi connectivity index (χ0) is 9.52. The smallest absolute Gasteiger partial charge is 0.0227 e. The molecule has 1 fully saturated rings. The summed E-state index contributed by atoms with van der Waals surface area (Å²) in [6.45, 7) is 8.76. The Morgan fingerprint density at radius 1 is 1.23 bits per heavy atom. The molecule has 0 amide bonds. The van der Waals surface area contributed by atoms with Crippen molar-refractivity contribution in [2.24, 2.45) is 0 Å². The molecule has 0 aromatic carbocycles. The number of rotatable bonds is 1. The van der Waals surface area contributed by atoms with E-state index in [0.29, 0.717) is 0 Å². The van der Waals surface area contributed by atoms with Crippen LogP contribution in [0.5, 0.6) is 0 Å². The molecule has 76 valence electrons. The van der Waals surface area contributed by atoms with Crippen molar-refractivity contribution >= 4 is 0 Å². The van der Waals surface area contributed by atoms with Gasteiger partial charge in [0.1, 0.15) is 0 Å². The average molecular weight is 182 g/mol. The Bertz CT molecular complexity index is 140. The minimum absolute atomic E-state index is 0.804. The molecule has 2 rings (SSSR count). The molecule has 1 unspecified atom stereocenters. The van der Waals surface area contributed by atoms with Crippen molar-refractivity contribution in [3.63, 3.8) is 0 Å². The fraction of sp³-hybridized carbons (Fsp3) is 0.818. The maximum Gasteiger partial charge on any atom is 0.0227 e. The van der Waals surface area contributed by atoms with Crippen LogP contribution in [-0.4, -0.2) is 37.1 Å². The van der Waals surface area contributed by atoms with Crippen LogP contribution >= 0.6 is 0 Å². The Morgan fingerprint density at radius 2 is 1.92 bits per heavy atom. The number of nitrogens with one attached hydrogen (secondary N) is 1. The lowest BCUT2D eigenvalue weighted by atomic mass is 10.1. The Hall–Kier alpha value is -0.340. The molecule has 0 aromatic rings. The summed E-state index contributed by atoms with van der Waals surface area (Å²) < 4.78 is 0. The van der Waals surface area contributed by atoms with Gasteiger partial charge in [-0.3, -0.25) is 4.90 Å². The minimum Gasteiger partial charge on any atom is -0.315 e. The van der Waals surface area contributed by atoms with Gasteiger partial charge in [-0.2, -0.15) is 0 Å². The fourth-order valence-corrected chi connectivity index (χ4v) is 1.94. The lowest BCUT2D eigenvalue weighted by molar-refractivity contribution is 0.211. The van der Waals surface area contributed by atoms with E-state index in [0.717, 1.165) is 6.04 Å². The maximum absolute atomic E-state index is 3.44. The quantitative estimate of drug-likeness (QED) is 0.620. The van der Waals surface area contributed by atoms with E-state index in [1.165, 1.54) is 39.0 Å². The van der Waals surface area contributed by atoms with Crippen LogP contribution in [0.1, 0.15) is 26.7 Å². The van der Waals surface area contributed by atoms with Crippen molar-refractivity contribution in [1.29, 1.82) is 0 Å². The molecule has 2 heteroatoms. The predicted molar refractivity (Wildman–Crippen MR) is 58.0 cm³/mol. The first kappa shape index (κ1) is 10.7. The molecule has 2 heterocycles. The van der Waals surface area contributed by atoms with Crippen molar-refractivity contribution in [3.05, 3.63) is 12.2 Å². The average Bonchev–Trinajstić information content (AvgIpc) is 2.75. The largest absolute Gasteiger partial charge is 0.315 e. The van der Waals surface area contributed by atoms with Crippen LogP contribution in [-0.2, 0) is 0 Å². The highest BCUT2D eigenvalue weighted by molar-refractivity contribution is 4.98. The van der Waals surface area contributed by atoms with E-state index < -0.39 is 0 Å². The molecule has 2 nitrogen and oxygen atoms in total. The van der Waals surface area contributed by atoms with Gasteiger partial charge in [-0.1, -0.05) is 26.0 Å². The zero-order valence-corrected chi connectivity index (χ0v) is 8.92. The van der Waals surface area contributed by atoms with Gasteiger partial charge in [0.25, 0.3) is 0 Å². The van der Waals surface area contributed by atoms with Crippen LogP contribution in [0.2, 0.25) is 0 Å². The SMILES string of the molecule is C1=CCN(C2CCCNC2)C1.CC. The van der Waals surface area contributed by atoms with Gasteiger partial charge in [-0.05, 0) is 19.4 Å². The summed E-state index contributed by atoms with van der Waals surface area (Å²) in [4.78, 5) is 2.55. The lowest BCUT2D eigenvalue weighted by Gasteiger charge is -2.31. The monoisotopic (exact) mass is 182 g/mol. The second-order valence-corrected chi connectivity index (χ2v) is 3.43. The molecule has 2 aliphatic heterocycles. The molecular weight excluding hydrogens is 160 g/mol. The highest BCUT2D eigenvalue weighted by Gasteiger charge is 2.20. The van der Waals surface area contributed by atoms with E-state index in [4.69, 9.17) is 0 Å². The Morgan fingerprint density at radius 3 is 2.46 bits per heavy atom. The van der Waals surface area contributed by atoms with Gasteiger partial charge >= 0.3 is 0 Å². The van der Waals surface area contributed by atoms with Crippen molar-refractivity contribution in [3.8, 4) is 0 Å². The number of nitrogens with zero attached hydrogens (tertiary/aromatic N) is 1. The van der Waals surface area contributed by atoms with Gasteiger partial charge in [0.2, 0.25) is 0 Å². The molecule has 0 spiro atoms. The van der Waals surface area contributed by atoms with Crippen LogP contribution < -0.4 is 5.32 Å². The van der Waals surface area contributed by atoms with Gasteiger partial charge in [-0.15, -0.1) is 0 Å². The first-order valence-electron chi connectivity index (χ1n) is 5.56. The third-order valence-corrected chi connectivity index (χ3v) is 2.63. The van der Waals surface area contributed by atoms with Gasteiger partial charge in [-0.25, -0.2) is 0 Å². The molecule has 0 saturated carbocycles. The van der Waals surface area contributed by atoms with Gasteiger partial charge in [0.15, 0.2) is 0 Å². The molecule has 0 aliphatic carbocycles. The molecule has 2 aliphatic rings. The maximum atomic E-state index is 3.44. The van der Waals surface area contributed by atoms with Gasteiger partial charge < -0.3 is 5.32 Å². The summed E-state index contributed by atoms with van der Waals surface area (Å²) in [6.07, 6.45) is 7.28. The third-order valence-electron chi connectivity index (χ3n) is 2.63. The number of hydrogen-bond acceptors (Lipinski definition) is 2. The summed E-state index contributed by atoms with van der Waals surface area (Å²) in [5.74, 6) is 0. The Balaban J connectivity index is 0.000000396. The summed E-state index contributed by atoms with van der Waals surface area (Å²) in [6, 6.07) is 0.804. The second-order valence-electron chi connectivity index (χ2n) is 3.43. The van der Waals surface area contributed by atoms with Crippen LogP contribution in [0.4, 0.5) is 0 Å². The zero-order valence-electron chi connectivity index (χ0n) is 8.92. The van der Waals surface area contributed by atoms with Crippen LogP contribution in [0.3, 0.4) is 0 Å². The highest BCUT2D eigenvalue weighted by atomic mass is 15.2. The molecule has 1 saturated heterocycles. The Kier molecular flexibility index (Phi) is 5.09.